The van der Waals surface area contributed by atoms with Gasteiger partial charge in [0.1, 0.15) is 0 Å². The van der Waals surface area contributed by atoms with Crippen LogP contribution in [-0.2, 0) is 4.74 Å². The molecule has 0 saturated carbocycles. The molecular weight excluding hydrogens is 292 g/mol. The van der Waals surface area contributed by atoms with Crippen LogP contribution in [0.2, 0.25) is 0 Å². The first-order chi connectivity index (χ1) is 11.1. The maximum atomic E-state index is 12.3. The summed E-state index contributed by atoms with van der Waals surface area (Å²) >= 11 is 0. The predicted octanol–water partition coefficient (Wildman–Crippen LogP) is 1.65. The van der Waals surface area contributed by atoms with Gasteiger partial charge in [0.2, 0.25) is 0 Å². The minimum absolute atomic E-state index is 0.0577. The Morgan fingerprint density at radius 2 is 2.39 bits per heavy atom. The van der Waals surface area contributed by atoms with Crippen LogP contribution in [0.15, 0.2) is 24.5 Å². The number of nitrogens with one attached hydrogen (secondary N) is 2. The summed E-state index contributed by atoms with van der Waals surface area (Å²) in [4.78, 5) is 21.9. The molecule has 23 heavy (non-hydrogen) atoms. The number of morpholine rings is 1. The van der Waals surface area contributed by atoms with E-state index in [1.54, 1.807) is 12.4 Å². The summed E-state index contributed by atoms with van der Waals surface area (Å²) in [6, 6.07) is 5.47. The number of aromatic amines is 1. The van der Waals surface area contributed by atoms with Crippen LogP contribution in [0, 0.1) is 5.92 Å². The fourth-order valence-corrected chi connectivity index (χ4v) is 2.97. The molecule has 1 aromatic carbocycles. The maximum absolute atomic E-state index is 12.3. The van der Waals surface area contributed by atoms with Crippen molar-refractivity contribution in [3.05, 3.63) is 30.1 Å². The van der Waals surface area contributed by atoms with Crippen LogP contribution in [0.25, 0.3) is 11.0 Å². The van der Waals surface area contributed by atoms with Crippen LogP contribution < -0.4 is 5.32 Å². The van der Waals surface area contributed by atoms with Gasteiger partial charge in [-0.3, -0.25) is 9.69 Å². The average Bonchev–Trinajstić information content (AvgIpc) is 3.00. The molecule has 0 aliphatic carbocycles. The molecule has 1 aromatic heterocycles. The van der Waals surface area contributed by atoms with Gasteiger partial charge in [0.25, 0.3) is 5.91 Å². The normalized spacial score (nSPS) is 19.3. The first kappa shape index (κ1) is 16.0. The summed E-state index contributed by atoms with van der Waals surface area (Å²) in [6.07, 6.45) is 1.69. The number of hydrogen-bond donors (Lipinski definition) is 2. The van der Waals surface area contributed by atoms with Crippen LogP contribution >= 0.6 is 0 Å². The lowest BCUT2D eigenvalue weighted by Crippen LogP contribution is -2.48. The van der Waals surface area contributed by atoms with Crippen molar-refractivity contribution in [3.63, 3.8) is 0 Å². The number of rotatable bonds is 5. The van der Waals surface area contributed by atoms with Crippen molar-refractivity contribution in [2.45, 2.75) is 20.0 Å². The molecule has 1 saturated heterocycles. The summed E-state index contributed by atoms with van der Waals surface area (Å²) in [5.74, 6) is 0.565. The molecule has 3 rings (SSSR count). The molecule has 0 spiro atoms. The van der Waals surface area contributed by atoms with Gasteiger partial charge < -0.3 is 15.0 Å². The minimum Gasteiger partial charge on any atom is -0.374 e. The minimum atomic E-state index is -0.0777. The van der Waals surface area contributed by atoms with E-state index in [1.165, 1.54) is 0 Å². The third-order valence-corrected chi connectivity index (χ3v) is 4.02. The van der Waals surface area contributed by atoms with E-state index in [4.69, 9.17) is 4.74 Å². The molecule has 1 atom stereocenters. The molecule has 6 nitrogen and oxygen atoms in total. The molecule has 2 heterocycles. The second-order valence-corrected chi connectivity index (χ2v) is 6.49. The van der Waals surface area contributed by atoms with Crippen molar-refractivity contribution < 1.29 is 9.53 Å². The maximum Gasteiger partial charge on any atom is 0.251 e. The van der Waals surface area contributed by atoms with Gasteiger partial charge in [0, 0.05) is 31.7 Å². The number of amides is 1. The van der Waals surface area contributed by atoms with Crippen molar-refractivity contribution in [1.29, 1.82) is 0 Å². The summed E-state index contributed by atoms with van der Waals surface area (Å²) in [6.45, 7) is 8.62. The zero-order valence-electron chi connectivity index (χ0n) is 13.7. The van der Waals surface area contributed by atoms with Crippen LogP contribution in [0.5, 0.6) is 0 Å². The molecule has 1 amide bonds. The highest BCUT2D eigenvalue weighted by Gasteiger charge is 2.21. The number of hydrogen-bond acceptors (Lipinski definition) is 4. The molecule has 0 radical (unpaired) electrons. The largest absolute Gasteiger partial charge is 0.374 e. The highest BCUT2D eigenvalue weighted by atomic mass is 16.5. The first-order valence-corrected chi connectivity index (χ1v) is 8.17. The number of imidazole rings is 1. The summed E-state index contributed by atoms with van der Waals surface area (Å²) in [5.41, 5.74) is 2.37. The van der Waals surface area contributed by atoms with Crippen molar-refractivity contribution in [1.82, 2.24) is 20.2 Å². The summed E-state index contributed by atoms with van der Waals surface area (Å²) in [5, 5.41) is 2.97. The summed E-state index contributed by atoms with van der Waals surface area (Å²) < 4.78 is 5.76. The Morgan fingerprint density at radius 1 is 1.52 bits per heavy atom. The Kier molecular flexibility index (Phi) is 4.93. The van der Waals surface area contributed by atoms with E-state index < -0.39 is 0 Å². The highest BCUT2D eigenvalue weighted by molar-refractivity contribution is 5.97. The Balaban J connectivity index is 1.53. The third kappa shape index (κ3) is 4.09. The molecule has 124 valence electrons. The molecule has 1 aliphatic rings. The number of aromatic nitrogens is 2. The van der Waals surface area contributed by atoms with E-state index >= 15 is 0 Å². The smallest absolute Gasteiger partial charge is 0.251 e. The van der Waals surface area contributed by atoms with Gasteiger partial charge in [-0.05, 0) is 24.1 Å². The number of fused-ring (bicyclic) bond motifs is 1. The monoisotopic (exact) mass is 316 g/mol. The van der Waals surface area contributed by atoms with E-state index in [1.807, 2.05) is 12.1 Å². The lowest BCUT2D eigenvalue weighted by atomic mass is 10.1. The van der Waals surface area contributed by atoms with Crippen LogP contribution in [0.4, 0.5) is 0 Å². The number of ether oxygens (including phenoxy) is 1. The van der Waals surface area contributed by atoms with Crippen LogP contribution in [0.3, 0.4) is 0 Å². The number of carbonyl (C=O) groups is 1. The quantitative estimate of drug-likeness (QED) is 0.880. The van der Waals surface area contributed by atoms with Gasteiger partial charge in [-0.2, -0.15) is 0 Å². The second kappa shape index (κ2) is 7.10. The Morgan fingerprint density at radius 3 is 3.22 bits per heavy atom. The van der Waals surface area contributed by atoms with E-state index in [0.717, 1.165) is 37.3 Å². The summed E-state index contributed by atoms with van der Waals surface area (Å²) in [7, 11) is 0. The van der Waals surface area contributed by atoms with Crippen molar-refractivity contribution >= 4 is 16.9 Å². The Bertz CT molecular complexity index is 667. The Labute approximate surface area is 136 Å². The second-order valence-electron chi connectivity index (χ2n) is 6.49. The molecule has 0 bridgehead atoms. The predicted molar refractivity (Wildman–Crippen MR) is 89.4 cm³/mol. The standard InChI is InChI=1S/C17H24N4O2/c1-12(2)9-21-5-6-23-14(10-21)8-18-17(22)13-3-4-15-16(7-13)20-11-19-15/h3-4,7,11-12,14H,5-6,8-10H2,1-2H3,(H,18,22)(H,19,20)/t14-/m0/s1. The van der Waals surface area contributed by atoms with Gasteiger partial charge in [-0.25, -0.2) is 4.98 Å². The van der Waals surface area contributed by atoms with Crippen molar-refractivity contribution in [3.8, 4) is 0 Å². The highest BCUT2D eigenvalue weighted by Crippen LogP contribution is 2.12. The molecule has 6 heteroatoms. The SMILES string of the molecule is CC(C)CN1CCO[C@@H](CNC(=O)c2ccc3nc[nH]c3c2)C1. The zero-order chi connectivity index (χ0) is 16.2. The number of benzene rings is 1. The number of carbonyl (C=O) groups excluding carboxylic acids is 1. The van der Waals surface area contributed by atoms with E-state index in [9.17, 15) is 4.79 Å². The Hall–Kier alpha value is -1.92. The molecule has 1 fully saturated rings. The molecule has 2 N–H and O–H groups in total. The zero-order valence-corrected chi connectivity index (χ0v) is 13.7. The molecule has 1 aliphatic heterocycles. The van der Waals surface area contributed by atoms with Crippen LogP contribution in [-0.4, -0.2) is 59.7 Å². The van der Waals surface area contributed by atoms with Gasteiger partial charge in [-0.15, -0.1) is 0 Å². The van der Waals surface area contributed by atoms with Gasteiger partial charge >= 0.3 is 0 Å². The van der Waals surface area contributed by atoms with E-state index in [2.05, 4.69) is 34.0 Å². The fraction of sp³-hybridized carbons (Fsp3) is 0.529. The first-order valence-electron chi connectivity index (χ1n) is 8.17. The van der Waals surface area contributed by atoms with E-state index in [-0.39, 0.29) is 12.0 Å². The van der Waals surface area contributed by atoms with Crippen molar-refractivity contribution in [2.24, 2.45) is 5.92 Å². The molecule has 2 aromatic rings. The van der Waals surface area contributed by atoms with Crippen molar-refractivity contribution in [2.75, 3.05) is 32.8 Å². The van der Waals surface area contributed by atoms with Gasteiger partial charge in [-0.1, -0.05) is 13.8 Å². The van der Waals surface area contributed by atoms with Gasteiger partial charge in [0.05, 0.1) is 30.1 Å². The van der Waals surface area contributed by atoms with E-state index in [0.29, 0.717) is 18.0 Å². The number of H-pyrrole nitrogens is 1. The third-order valence-electron chi connectivity index (χ3n) is 4.02. The van der Waals surface area contributed by atoms with Crippen LogP contribution in [0.1, 0.15) is 24.2 Å². The topological polar surface area (TPSA) is 70.2 Å². The lowest BCUT2D eigenvalue weighted by Gasteiger charge is -2.33. The molecule has 0 unspecified atom stereocenters. The fourth-order valence-electron chi connectivity index (χ4n) is 2.97. The average molecular weight is 316 g/mol. The molecular formula is C17H24N4O2. The number of nitrogens with zero attached hydrogens (tertiary/aromatic N) is 2. The lowest BCUT2D eigenvalue weighted by molar-refractivity contribution is -0.0295. The van der Waals surface area contributed by atoms with Gasteiger partial charge in [0.15, 0.2) is 0 Å².